The zero-order chi connectivity index (χ0) is 6.85. The summed E-state index contributed by atoms with van der Waals surface area (Å²) in [6, 6.07) is 0. The molecule has 0 aromatic rings. The average molecular weight is 186 g/mol. The van der Waals surface area contributed by atoms with Crippen LogP contribution in [0.3, 0.4) is 0 Å². The van der Waals surface area contributed by atoms with Gasteiger partial charge in [-0.2, -0.15) is 0 Å². The van der Waals surface area contributed by atoms with E-state index in [2.05, 4.69) is 23.5 Å². The fourth-order valence-electron chi connectivity index (χ4n) is 0.459. The van der Waals surface area contributed by atoms with Gasteiger partial charge in [0.25, 0.3) is 0 Å². The largest absolute Gasteiger partial charge is 1.00 e. The van der Waals surface area contributed by atoms with Gasteiger partial charge in [0.2, 0.25) is 0 Å². The van der Waals surface area contributed by atoms with E-state index in [1.807, 2.05) is 0 Å². The Morgan fingerprint density at radius 3 is 2.70 bits per heavy atom. The molecule has 0 unspecified atom stereocenters. The number of nitrogens with one attached hydrogen (secondary N) is 2. The zero-order valence-electron chi connectivity index (χ0n) is 6.46. The maximum Gasteiger partial charge on any atom is 1.00 e. The van der Waals surface area contributed by atoms with Crippen molar-refractivity contribution in [2.24, 2.45) is 5.84 Å². The van der Waals surface area contributed by atoms with E-state index in [4.69, 9.17) is 18.1 Å². The summed E-state index contributed by atoms with van der Waals surface area (Å²) in [4.78, 5) is 0.543. The van der Waals surface area contributed by atoms with Crippen molar-refractivity contribution in [1.82, 2.24) is 16.1 Å². The first-order valence-electron chi connectivity index (χ1n) is 2.21. The van der Waals surface area contributed by atoms with E-state index < -0.39 is 0 Å². The van der Waals surface area contributed by atoms with Gasteiger partial charge in [0, 0.05) is 6.08 Å². The van der Waals surface area contributed by atoms with Crippen LogP contribution in [0, 0.1) is 0 Å². The van der Waals surface area contributed by atoms with Gasteiger partial charge >= 0.3 is 29.6 Å². The Labute approximate surface area is 93.3 Å². The van der Waals surface area contributed by atoms with Crippen LogP contribution >= 0.6 is 24.8 Å². The van der Waals surface area contributed by atoms with Gasteiger partial charge < -0.3 is 1.43 Å². The molecule has 4 N–H and O–H groups in total. The van der Waals surface area contributed by atoms with Crippen molar-refractivity contribution < 1.29 is 31.0 Å². The summed E-state index contributed by atoms with van der Waals surface area (Å²) in [6.45, 7) is 0. The molecule has 0 aliphatic carbocycles. The second-order valence-corrected chi connectivity index (χ2v) is 2.41. The summed E-state index contributed by atoms with van der Waals surface area (Å²) in [5.74, 6) is 5.25. The minimum absolute atomic E-state index is 0. The first-order valence-corrected chi connectivity index (χ1v) is 3.07. The predicted octanol–water partition coefficient (Wildman–Crippen LogP) is -3.60. The van der Waals surface area contributed by atoms with Crippen molar-refractivity contribution in [3.63, 3.8) is 0 Å². The van der Waals surface area contributed by atoms with Crippen LogP contribution in [-0.4, -0.2) is 10.2 Å². The molecule has 10 heavy (non-hydrogen) atoms. The molecule has 7 heteroatoms. The predicted molar refractivity (Wildman–Crippen MR) is 43.1 cm³/mol. The molecule has 0 radical (unpaired) electrons. The Bertz CT molecular complexity index is 175. The van der Waals surface area contributed by atoms with E-state index in [0.29, 0.717) is 10.0 Å². The molecule has 0 aromatic carbocycles. The van der Waals surface area contributed by atoms with Gasteiger partial charge in [-0.3, -0.25) is 10.9 Å². The molecule has 0 saturated heterocycles. The fraction of sp³-hybridized carbons (Fsp3) is 0. The van der Waals surface area contributed by atoms with E-state index >= 15 is 0 Å². The third kappa shape index (κ3) is 3.20. The van der Waals surface area contributed by atoms with Crippen LogP contribution < -0.4 is 46.3 Å². The third-order valence-electron chi connectivity index (χ3n) is 0.733. The van der Waals surface area contributed by atoms with Gasteiger partial charge in [0.15, 0.2) is 0 Å². The molecule has 0 amide bonds. The van der Waals surface area contributed by atoms with E-state index in [9.17, 15) is 0 Å². The molecule has 0 aromatic heterocycles. The molecular formula is C3H7N4NaS2. The van der Waals surface area contributed by atoms with Crippen LogP contribution in [0.5, 0.6) is 0 Å². The average Bonchev–Trinajstić information content (AvgIpc) is 1.59. The summed E-state index contributed by atoms with van der Waals surface area (Å²) in [5, 5.41) is 1.77. The van der Waals surface area contributed by atoms with Crippen LogP contribution in [0.4, 0.5) is 0 Å². The van der Waals surface area contributed by atoms with Crippen molar-refractivity contribution in [2.75, 3.05) is 0 Å². The number of hydrazine groups is 3. The van der Waals surface area contributed by atoms with Crippen LogP contribution in [0.1, 0.15) is 1.43 Å². The van der Waals surface area contributed by atoms with Crippen LogP contribution in [0.15, 0.2) is 11.1 Å². The van der Waals surface area contributed by atoms with Crippen LogP contribution in [-0.2, 0) is 0 Å². The fourth-order valence-corrected chi connectivity index (χ4v) is 0.999. The van der Waals surface area contributed by atoms with Gasteiger partial charge in [0.05, 0.1) is 5.03 Å². The monoisotopic (exact) mass is 186 g/mol. The molecule has 4 nitrogen and oxygen atoms in total. The van der Waals surface area contributed by atoms with Gasteiger partial charge in [-0.15, -0.1) is 12.6 Å². The Morgan fingerprint density at radius 2 is 2.30 bits per heavy atom. The second kappa shape index (κ2) is 4.55. The second-order valence-electron chi connectivity index (χ2n) is 1.49. The van der Waals surface area contributed by atoms with Gasteiger partial charge in [0.1, 0.15) is 4.99 Å². The molecular weight excluding hydrogens is 179 g/mol. The number of nitrogens with zero attached hydrogens (tertiary/aromatic N) is 1. The minimum atomic E-state index is 0. The Hall–Kier alpha value is 0.700. The van der Waals surface area contributed by atoms with E-state index in [1.165, 1.54) is 0 Å². The third-order valence-corrected chi connectivity index (χ3v) is 1.17. The normalized spacial score (nSPS) is 18.2. The topological polar surface area (TPSA) is 53.3 Å². The Balaban J connectivity index is 0. The van der Waals surface area contributed by atoms with Crippen molar-refractivity contribution in [1.29, 1.82) is 0 Å². The summed E-state index contributed by atoms with van der Waals surface area (Å²) < 4.78 is 0. The quantitative estimate of drug-likeness (QED) is 0.136. The molecule has 1 rings (SSSR count). The molecule has 0 spiro atoms. The summed E-state index contributed by atoms with van der Waals surface area (Å²) >= 11 is 8.74. The number of thiol groups is 1. The molecule has 0 bridgehead atoms. The molecule has 1 aliphatic rings. The molecule has 0 atom stereocenters. The molecule has 1 aliphatic heterocycles. The van der Waals surface area contributed by atoms with Crippen molar-refractivity contribution in [3.05, 3.63) is 11.1 Å². The van der Waals surface area contributed by atoms with Gasteiger partial charge in [-0.1, -0.05) is 17.4 Å². The van der Waals surface area contributed by atoms with Crippen molar-refractivity contribution >= 4 is 29.8 Å². The van der Waals surface area contributed by atoms with Gasteiger partial charge in [-0.05, 0) is 0 Å². The molecule has 0 fully saturated rings. The molecule has 0 saturated carbocycles. The molecule has 1 heterocycles. The standard InChI is InChI=1S/C3H6N4S2.Na.H/c4-7-5-2(8)1-3(9)6-7;;/h1,5,8H,4H2,(H,6,9);;/q;+1;-1. The number of nitrogens with two attached hydrogens (primary N) is 1. The Kier molecular flexibility index (Phi) is 4.87. The molecule has 52 valence electrons. The van der Waals surface area contributed by atoms with Crippen LogP contribution in [0.25, 0.3) is 0 Å². The van der Waals surface area contributed by atoms with E-state index in [0.717, 1.165) is 5.23 Å². The smallest absolute Gasteiger partial charge is 1.00 e. The van der Waals surface area contributed by atoms with Gasteiger partial charge in [-0.25, -0.2) is 5.84 Å². The number of thiocarbonyl (C=S) groups is 1. The van der Waals surface area contributed by atoms with E-state index in [-0.39, 0.29) is 31.0 Å². The summed E-state index contributed by atoms with van der Waals surface area (Å²) in [6.07, 6.45) is 1.65. The maximum absolute atomic E-state index is 5.25. The summed E-state index contributed by atoms with van der Waals surface area (Å²) in [5.41, 5.74) is 5.26. The number of rotatable bonds is 0. The minimum Gasteiger partial charge on any atom is -1.00 e. The van der Waals surface area contributed by atoms with Crippen molar-refractivity contribution in [2.45, 2.75) is 0 Å². The number of hydrogen-bond donors (Lipinski definition) is 4. The summed E-state index contributed by atoms with van der Waals surface area (Å²) in [7, 11) is 0. The van der Waals surface area contributed by atoms with Crippen molar-refractivity contribution in [3.8, 4) is 0 Å². The zero-order valence-corrected chi connectivity index (χ0v) is 9.17. The first kappa shape index (κ1) is 10.7. The number of hydrogen-bond acceptors (Lipinski definition) is 5. The van der Waals surface area contributed by atoms with E-state index in [1.54, 1.807) is 6.08 Å². The van der Waals surface area contributed by atoms with Crippen LogP contribution in [0.2, 0.25) is 0 Å². The maximum atomic E-state index is 5.25. The first-order chi connectivity index (χ1) is 4.18. The Morgan fingerprint density at radius 1 is 1.70 bits per heavy atom. The SMILES string of the molecule is NN1NC(=S)C=C(S)N1.[H-].[Na+].